The maximum absolute atomic E-state index is 10.6. The van der Waals surface area contributed by atoms with Crippen molar-refractivity contribution >= 4 is 5.69 Å². The van der Waals surface area contributed by atoms with E-state index in [9.17, 15) is 10.1 Å². The van der Waals surface area contributed by atoms with Gasteiger partial charge in [-0.25, -0.2) is 0 Å². The van der Waals surface area contributed by atoms with Crippen molar-refractivity contribution in [2.45, 2.75) is 0 Å². The molecular formula is C7H5N5O2. The molecule has 7 heteroatoms. The first-order valence-corrected chi connectivity index (χ1v) is 3.76. The highest BCUT2D eigenvalue weighted by molar-refractivity contribution is 5.50. The summed E-state index contributed by atoms with van der Waals surface area (Å²) in [6.45, 7) is 0. The second-order valence-electron chi connectivity index (χ2n) is 2.47. The number of nitro benzene ring substituents is 1. The quantitative estimate of drug-likeness (QED) is 0.511. The predicted octanol–water partition coefficient (Wildman–Crippen LogP) is 0.570. The molecule has 0 spiro atoms. The van der Waals surface area contributed by atoms with E-state index in [-0.39, 0.29) is 5.69 Å². The summed E-state index contributed by atoms with van der Waals surface area (Å²) in [5, 5.41) is 21.4. The van der Waals surface area contributed by atoms with Gasteiger partial charge in [-0.3, -0.25) is 10.1 Å². The Bertz CT molecular complexity index is 453. The number of nitro groups is 1. The van der Waals surface area contributed by atoms with Crippen molar-refractivity contribution in [1.82, 2.24) is 20.2 Å². The van der Waals surface area contributed by atoms with E-state index in [0.29, 0.717) is 5.69 Å². The number of benzene rings is 1. The van der Waals surface area contributed by atoms with Gasteiger partial charge in [-0.05, 0) is 11.3 Å². The Kier molecular flexibility index (Phi) is 1.90. The Balaban J connectivity index is 2.58. The zero-order valence-corrected chi connectivity index (χ0v) is 6.94. The highest BCUT2D eigenvalue weighted by Gasteiger charge is 2.14. The highest BCUT2D eigenvalue weighted by atomic mass is 16.6. The second-order valence-corrected chi connectivity index (χ2v) is 2.47. The second kappa shape index (κ2) is 3.21. The van der Waals surface area contributed by atoms with Crippen molar-refractivity contribution in [2.24, 2.45) is 0 Å². The molecule has 14 heavy (non-hydrogen) atoms. The van der Waals surface area contributed by atoms with E-state index in [1.165, 1.54) is 12.4 Å². The zero-order valence-electron chi connectivity index (χ0n) is 6.94. The number of rotatable bonds is 2. The normalized spacial score (nSPS) is 10.0. The summed E-state index contributed by atoms with van der Waals surface area (Å²) < 4.78 is 0. The number of hydrogen-bond acceptors (Lipinski definition) is 5. The summed E-state index contributed by atoms with van der Waals surface area (Å²) >= 11 is 0. The molecule has 0 fully saturated rings. The Labute approximate surface area is 78.1 Å². The lowest BCUT2D eigenvalue weighted by Gasteiger charge is -1.98. The van der Waals surface area contributed by atoms with E-state index in [0.717, 1.165) is 4.80 Å². The lowest BCUT2D eigenvalue weighted by molar-refractivity contribution is -0.384. The molecule has 0 amide bonds. The fraction of sp³-hybridized carbons (Fsp3) is 0. The van der Waals surface area contributed by atoms with Gasteiger partial charge in [-0.1, -0.05) is 12.1 Å². The smallest absolute Gasteiger partial charge is 0.258 e. The van der Waals surface area contributed by atoms with Crippen LogP contribution in [0.3, 0.4) is 0 Å². The number of tetrazole rings is 1. The van der Waals surface area contributed by atoms with Crippen LogP contribution in [0.2, 0.25) is 0 Å². The molecule has 70 valence electrons. The Morgan fingerprint density at radius 1 is 1.36 bits per heavy atom. The van der Waals surface area contributed by atoms with E-state index in [1.807, 2.05) is 0 Å². The van der Waals surface area contributed by atoms with Crippen LogP contribution < -0.4 is 0 Å². The summed E-state index contributed by atoms with van der Waals surface area (Å²) in [7, 11) is 0. The summed E-state index contributed by atoms with van der Waals surface area (Å²) in [6, 6.07) is 6.20. The minimum absolute atomic E-state index is 0.0505. The van der Waals surface area contributed by atoms with Gasteiger partial charge in [0.1, 0.15) is 0 Å². The fourth-order valence-electron chi connectivity index (χ4n) is 1.07. The molecule has 1 heterocycles. The first-order chi connectivity index (χ1) is 6.79. The van der Waals surface area contributed by atoms with Crippen LogP contribution in [0.1, 0.15) is 0 Å². The third-order valence-electron chi connectivity index (χ3n) is 1.64. The van der Waals surface area contributed by atoms with Gasteiger partial charge in [0, 0.05) is 6.07 Å². The zero-order chi connectivity index (χ0) is 9.97. The molecule has 0 radical (unpaired) electrons. The van der Waals surface area contributed by atoms with Crippen molar-refractivity contribution in [1.29, 1.82) is 0 Å². The van der Waals surface area contributed by atoms with Gasteiger partial charge in [0.25, 0.3) is 5.69 Å². The van der Waals surface area contributed by atoms with Gasteiger partial charge in [-0.15, -0.1) is 15.0 Å². The SMILES string of the molecule is O=[N+]([O-])c1ccccc1-n1ncnn1. The minimum atomic E-state index is -0.487. The summed E-state index contributed by atoms with van der Waals surface area (Å²) in [5.41, 5.74) is 0.250. The van der Waals surface area contributed by atoms with Crippen molar-refractivity contribution in [3.05, 3.63) is 40.7 Å². The Morgan fingerprint density at radius 3 is 2.79 bits per heavy atom. The Hall–Kier alpha value is -2.31. The first-order valence-electron chi connectivity index (χ1n) is 3.76. The molecule has 1 aromatic heterocycles. The van der Waals surface area contributed by atoms with E-state index < -0.39 is 4.92 Å². The highest BCUT2D eigenvalue weighted by Crippen LogP contribution is 2.19. The number of para-hydroxylation sites is 2. The van der Waals surface area contributed by atoms with Crippen LogP contribution >= 0.6 is 0 Å². The van der Waals surface area contributed by atoms with Crippen LogP contribution in [-0.4, -0.2) is 25.1 Å². The van der Waals surface area contributed by atoms with Gasteiger partial charge in [-0.2, -0.15) is 0 Å². The van der Waals surface area contributed by atoms with E-state index >= 15 is 0 Å². The van der Waals surface area contributed by atoms with Crippen LogP contribution in [-0.2, 0) is 0 Å². The number of aromatic nitrogens is 4. The average Bonchev–Trinajstić information content (AvgIpc) is 2.70. The molecule has 0 atom stereocenters. The summed E-state index contributed by atoms with van der Waals surface area (Å²) in [4.78, 5) is 11.3. The van der Waals surface area contributed by atoms with Gasteiger partial charge in [0.2, 0.25) is 0 Å². The topological polar surface area (TPSA) is 86.7 Å². The lowest BCUT2D eigenvalue weighted by Crippen LogP contribution is -2.03. The third-order valence-corrected chi connectivity index (χ3v) is 1.64. The molecule has 1 aromatic carbocycles. The molecule has 0 aliphatic carbocycles. The molecule has 0 aliphatic heterocycles. The molecule has 0 saturated heterocycles. The van der Waals surface area contributed by atoms with Gasteiger partial charge in [0.05, 0.1) is 4.92 Å². The summed E-state index contributed by atoms with van der Waals surface area (Å²) in [6.07, 6.45) is 1.22. The lowest BCUT2D eigenvalue weighted by atomic mass is 10.3. The maximum atomic E-state index is 10.6. The van der Waals surface area contributed by atoms with Crippen molar-refractivity contribution in [3.63, 3.8) is 0 Å². The van der Waals surface area contributed by atoms with Crippen LogP contribution in [0.5, 0.6) is 0 Å². The molecule has 0 aliphatic rings. The molecule has 2 aromatic rings. The number of hydrogen-bond donors (Lipinski definition) is 0. The average molecular weight is 191 g/mol. The summed E-state index contributed by atoms with van der Waals surface area (Å²) in [5.74, 6) is 0. The number of nitrogens with zero attached hydrogens (tertiary/aromatic N) is 5. The van der Waals surface area contributed by atoms with Crippen LogP contribution in [0.15, 0.2) is 30.6 Å². The van der Waals surface area contributed by atoms with Crippen LogP contribution in [0, 0.1) is 10.1 Å². The molecular weight excluding hydrogens is 186 g/mol. The van der Waals surface area contributed by atoms with Crippen molar-refractivity contribution in [3.8, 4) is 5.69 Å². The molecule has 0 unspecified atom stereocenters. The molecule has 0 N–H and O–H groups in total. The third kappa shape index (κ3) is 1.30. The Morgan fingerprint density at radius 2 is 2.14 bits per heavy atom. The van der Waals surface area contributed by atoms with E-state index in [2.05, 4.69) is 15.4 Å². The van der Waals surface area contributed by atoms with Crippen LogP contribution in [0.25, 0.3) is 5.69 Å². The standard InChI is InChI=1S/C7H5N5O2/c13-12(14)7-4-2-1-3-6(7)11-9-5-8-10-11/h1-5H. The van der Waals surface area contributed by atoms with E-state index in [1.54, 1.807) is 18.2 Å². The maximum Gasteiger partial charge on any atom is 0.296 e. The van der Waals surface area contributed by atoms with Gasteiger partial charge < -0.3 is 0 Å². The monoisotopic (exact) mass is 191 g/mol. The predicted molar refractivity (Wildman–Crippen MR) is 45.8 cm³/mol. The van der Waals surface area contributed by atoms with Crippen molar-refractivity contribution < 1.29 is 4.92 Å². The van der Waals surface area contributed by atoms with Crippen LogP contribution in [0.4, 0.5) is 5.69 Å². The fourth-order valence-corrected chi connectivity index (χ4v) is 1.07. The minimum Gasteiger partial charge on any atom is -0.258 e. The largest absolute Gasteiger partial charge is 0.296 e. The van der Waals surface area contributed by atoms with Gasteiger partial charge >= 0.3 is 0 Å². The first kappa shape index (κ1) is 8.30. The molecule has 0 saturated carbocycles. The van der Waals surface area contributed by atoms with Gasteiger partial charge in [0.15, 0.2) is 12.0 Å². The molecule has 7 nitrogen and oxygen atoms in total. The van der Waals surface area contributed by atoms with Crippen molar-refractivity contribution in [2.75, 3.05) is 0 Å². The molecule has 2 rings (SSSR count). The van der Waals surface area contributed by atoms with E-state index in [4.69, 9.17) is 0 Å². The molecule has 0 bridgehead atoms.